The van der Waals surface area contributed by atoms with Crippen LogP contribution >= 0.6 is 0 Å². The zero-order valence-corrected chi connectivity index (χ0v) is 7.34. The minimum absolute atomic E-state index is 0.192. The molecule has 1 aliphatic rings. The Morgan fingerprint density at radius 2 is 2.50 bits per heavy atom. The van der Waals surface area contributed by atoms with E-state index in [0.29, 0.717) is 26.2 Å². The van der Waals surface area contributed by atoms with Crippen molar-refractivity contribution < 1.29 is 14.3 Å². The van der Waals surface area contributed by atoms with Crippen molar-refractivity contribution in [2.24, 2.45) is 0 Å². The van der Waals surface area contributed by atoms with Crippen LogP contribution in [0.5, 0.6) is 0 Å². The Morgan fingerprint density at radius 3 is 3.25 bits per heavy atom. The summed E-state index contributed by atoms with van der Waals surface area (Å²) in [5.41, 5.74) is 0.759. The summed E-state index contributed by atoms with van der Waals surface area (Å²) < 4.78 is 10.1. The van der Waals surface area contributed by atoms with Crippen LogP contribution in [0.4, 0.5) is 0 Å². The molecule has 0 bridgehead atoms. The van der Waals surface area contributed by atoms with Gasteiger partial charge in [-0.15, -0.1) is 0 Å². The first kappa shape index (κ1) is 9.26. The molecule has 0 aromatic rings. The lowest BCUT2D eigenvalue weighted by atomic mass is 10.2. The molecule has 0 aromatic carbocycles. The lowest BCUT2D eigenvalue weighted by Crippen LogP contribution is -2.08. The van der Waals surface area contributed by atoms with E-state index in [0.717, 1.165) is 12.0 Å². The summed E-state index contributed by atoms with van der Waals surface area (Å²) in [6.07, 6.45) is 3.40. The third kappa shape index (κ3) is 2.66. The first-order valence-corrected chi connectivity index (χ1v) is 4.28. The number of hydrogen-bond acceptors (Lipinski definition) is 3. The number of carbonyl (C=O) groups excluding carboxylic acids is 1. The van der Waals surface area contributed by atoms with E-state index in [9.17, 15) is 4.79 Å². The lowest BCUT2D eigenvalue weighted by Gasteiger charge is -2.03. The summed E-state index contributed by atoms with van der Waals surface area (Å²) in [6.45, 7) is 3.59. The normalized spacial score (nSPS) is 17.9. The highest BCUT2D eigenvalue weighted by Gasteiger charge is 2.11. The fourth-order valence-corrected chi connectivity index (χ4v) is 1.11. The van der Waals surface area contributed by atoms with Crippen LogP contribution in [-0.4, -0.2) is 25.8 Å². The standard InChI is InChI=1S/C9H14O3/c1-2-12-9(10)8-4-3-6-11-7-5-8/h4H,2-3,5-7H2,1H3. The Balaban J connectivity index is 2.47. The molecule has 0 aliphatic carbocycles. The molecule has 0 saturated heterocycles. The Hall–Kier alpha value is -0.830. The van der Waals surface area contributed by atoms with E-state index >= 15 is 0 Å². The maximum atomic E-state index is 11.2. The molecule has 12 heavy (non-hydrogen) atoms. The molecule has 0 aromatic heterocycles. The monoisotopic (exact) mass is 170 g/mol. The van der Waals surface area contributed by atoms with Gasteiger partial charge in [-0.3, -0.25) is 0 Å². The maximum Gasteiger partial charge on any atom is 0.333 e. The first-order valence-electron chi connectivity index (χ1n) is 4.28. The van der Waals surface area contributed by atoms with Crippen LogP contribution in [0.15, 0.2) is 11.6 Å². The molecule has 3 heteroatoms. The Bertz CT molecular complexity index is 184. The highest BCUT2D eigenvalue weighted by Crippen LogP contribution is 2.09. The van der Waals surface area contributed by atoms with Gasteiger partial charge in [-0.05, 0) is 13.3 Å². The van der Waals surface area contributed by atoms with Crippen molar-refractivity contribution in [3.05, 3.63) is 11.6 Å². The maximum absolute atomic E-state index is 11.2. The number of esters is 1. The van der Waals surface area contributed by atoms with Gasteiger partial charge in [0.1, 0.15) is 0 Å². The molecule has 0 unspecified atom stereocenters. The van der Waals surface area contributed by atoms with Gasteiger partial charge >= 0.3 is 5.97 Å². The molecule has 1 rings (SSSR count). The van der Waals surface area contributed by atoms with Crippen LogP contribution in [0.3, 0.4) is 0 Å². The van der Waals surface area contributed by atoms with Crippen LogP contribution in [0.25, 0.3) is 0 Å². The van der Waals surface area contributed by atoms with Crippen LogP contribution in [-0.2, 0) is 14.3 Å². The van der Waals surface area contributed by atoms with Crippen LogP contribution in [0.1, 0.15) is 19.8 Å². The SMILES string of the molecule is CCOC(=O)C1=CCCOCC1. The Morgan fingerprint density at radius 1 is 1.67 bits per heavy atom. The molecule has 0 amide bonds. The number of rotatable bonds is 2. The van der Waals surface area contributed by atoms with E-state index in [2.05, 4.69) is 0 Å². The molecule has 0 atom stereocenters. The molecule has 1 heterocycles. The number of carbonyl (C=O) groups is 1. The fraction of sp³-hybridized carbons (Fsp3) is 0.667. The molecule has 3 nitrogen and oxygen atoms in total. The van der Waals surface area contributed by atoms with E-state index in [1.54, 1.807) is 0 Å². The van der Waals surface area contributed by atoms with Gasteiger partial charge in [0.25, 0.3) is 0 Å². The van der Waals surface area contributed by atoms with Gasteiger partial charge in [0.2, 0.25) is 0 Å². The van der Waals surface area contributed by atoms with E-state index < -0.39 is 0 Å². The van der Waals surface area contributed by atoms with Gasteiger partial charge in [-0.2, -0.15) is 0 Å². The summed E-state index contributed by atoms with van der Waals surface area (Å²) in [7, 11) is 0. The fourth-order valence-electron chi connectivity index (χ4n) is 1.11. The second kappa shape index (κ2) is 4.93. The van der Waals surface area contributed by atoms with Gasteiger partial charge < -0.3 is 9.47 Å². The minimum atomic E-state index is -0.192. The van der Waals surface area contributed by atoms with Gasteiger partial charge in [0.15, 0.2) is 0 Å². The van der Waals surface area contributed by atoms with Crippen LogP contribution in [0, 0.1) is 0 Å². The molecule has 0 fully saturated rings. The lowest BCUT2D eigenvalue weighted by molar-refractivity contribution is -0.138. The Labute approximate surface area is 72.4 Å². The van der Waals surface area contributed by atoms with Crippen LogP contribution in [0.2, 0.25) is 0 Å². The highest BCUT2D eigenvalue weighted by atomic mass is 16.5. The molecular formula is C9H14O3. The van der Waals surface area contributed by atoms with Crippen molar-refractivity contribution in [3.8, 4) is 0 Å². The second-order valence-corrected chi connectivity index (χ2v) is 2.60. The van der Waals surface area contributed by atoms with E-state index in [1.165, 1.54) is 0 Å². The zero-order valence-electron chi connectivity index (χ0n) is 7.34. The Kier molecular flexibility index (Phi) is 3.80. The van der Waals surface area contributed by atoms with Gasteiger partial charge in [-0.25, -0.2) is 4.79 Å². The summed E-state index contributed by atoms with van der Waals surface area (Å²) in [6, 6.07) is 0. The predicted molar refractivity (Wildman–Crippen MR) is 44.8 cm³/mol. The average molecular weight is 170 g/mol. The van der Waals surface area contributed by atoms with E-state index in [4.69, 9.17) is 9.47 Å². The minimum Gasteiger partial charge on any atom is -0.463 e. The average Bonchev–Trinajstić information content (AvgIpc) is 2.32. The topological polar surface area (TPSA) is 35.5 Å². The largest absolute Gasteiger partial charge is 0.463 e. The summed E-state index contributed by atoms with van der Waals surface area (Å²) in [4.78, 5) is 11.2. The van der Waals surface area contributed by atoms with Gasteiger partial charge in [0, 0.05) is 12.0 Å². The van der Waals surface area contributed by atoms with Crippen LogP contribution < -0.4 is 0 Å². The van der Waals surface area contributed by atoms with Crippen molar-refractivity contribution in [3.63, 3.8) is 0 Å². The van der Waals surface area contributed by atoms with Crippen molar-refractivity contribution in [2.45, 2.75) is 19.8 Å². The van der Waals surface area contributed by atoms with E-state index in [-0.39, 0.29) is 5.97 Å². The summed E-state index contributed by atoms with van der Waals surface area (Å²) in [5.74, 6) is -0.192. The highest BCUT2D eigenvalue weighted by molar-refractivity contribution is 5.88. The van der Waals surface area contributed by atoms with Crippen molar-refractivity contribution in [1.82, 2.24) is 0 Å². The third-order valence-corrected chi connectivity index (χ3v) is 1.71. The van der Waals surface area contributed by atoms with Crippen molar-refractivity contribution in [1.29, 1.82) is 0 Å². The molecule has 0 saturated carbocycles. The van der Waals surface area contributed by atoms with Gasteiger partial charge in [-0.1, -0.05) is 6.08 Å². The quantitative estimate of drug-likeness (QED) is 0.586. The summed E-state index contributed by atoms with van der Waals surface area (Å²) in [5, 5.41) is 0. The molecule has 0 radical (unpaired) electrons. The van der Waals surface area contributed by atoms with Gasteiger partial charge in [0.05, 0.1) is 19.8 Å². The van der Waals surface area contributed by atoms with Crippen molar-refractivity contribution in [2.75, 3.05) is 19.8 Å². The first-order chi connectivity index (χ1) is 5.84. The summed E-state index contributed by atoms with van der Waals surface area (Å²) >= 11 is 0. The third-order valence-electron chi connectivity index (χ3n) is 1.71. The predicted octanol–water partition coefficient (Wildman–Crippen LogP) is 1.29. The number of ether oxygens (including phenoxy) is 2. The smallest absolute Gasteiger partial charge is 0.333 e. The second-order valence-electron chi connectivity index (χ2n) is 2.60. The van der Waals surface area contributed by atoms with E-state index in [1.807, 2.05) is 13.0 Å². The molecule has 1 aliphatic heterocycles. The zero-order chi connectivity index (χ0) is 8.81. The van der Waals surface area contributed by atoms with Crippen molar-refractivity contribution >= 4 is 5.97 Å². The molecular weight excluding hydrogens is 156 g/mol. The molecule has 68 valence electrons. The number of hydrogen-bond donors (Lipinski definition) is 0. The molecule has 0 N–H and O–H groups in total. The molecule has 0 spiro atoms.